The van der Waals surface area contributed by atoms with Crippen LogP contribution >= 0.6 is 0 Å². The van der Waals surface area contributed by atoms with Crippen molar-refractivity contribution in [3.63, 3.8) is 0 Å². The average Bonchev–Trinajstić information content (AvgIpc) is 3.23. The molecule has 3 atom stereocenters. The van der Waals surface area contributed by atoms with Crippen molar-refractivity contribution >= 4 is 34.3 Å². The number of nitrogens with zero attached hydrogens (tertiary/aromatic N) is 4. The number of aryl methyl sites for hydroxylation is 1. The fourth-order valence-corrected chi connectivity index (χ4v) is 6.59. The molecule has 2 bridgehead atoms. The molecular weight excluding hydrogens is 526 g/mol. The van der Waals surface area contributed by atoms with Gasteiger partial charge >= 0.3 is 0 Å². The second kappa shape index (κ2) is 10.5. The SMILES string of the molecule is CCC(=O)[C@@H]1C[C@]23COCCCCC(=O)NCc4cc(-c5nnc(C)o5)cc5c(C(C)=O)cn(c45)CC(=O)N1[C@@H]2C3. The number of piperidine rings is 1. The molecule has 1 aliphatic carbocycles. The molecule has 3 aliphatic rings. The van der Waals surface area contributed by atoms with Gasteiger partial charge in [0.05, 0.1) is 18.2 Å². The lowest BCUT2D eigenvalue weighted by Gasteiger charge is -2.27. The maximum absolute atomic E-state index is 14.0. The van der Waals surface area contributed by atoms with Crippen molar-refractivity contribution in [2.45, 2.75) is 84.5 Å². The minimum Gasteiger partial charge on any atom is -0.421 e. The Bertz CT molecular complexity index is 1560. The van der Waals surface area contributed by atoms with Crippen LogP contribution in [-0.2, 0) is 32.2 Å². The fraction of sp³-hybridized carbons (Fsp3) is 0.533. The Labute approximate surface area is 237 Å². The number of aromatic nitrogens is 3. The number of Topliss-reactive ketones (excluding diaryl/α,β-unsaturated/α-hetero) is 2. The lowest BCUT2D eigenvalue weighted by Crippen LogP contribution is -2.44. The van der Waals surface area contributed by atoms with Crippen LogP contribution in [0.15, 0.2) is 22.7 Å². The van der Waals surface area contributed by atoms with Crippen LogP contribution < -0.4 is 5.32 Å². The van der Waals surface area contributed by atoms with Crippen molar-refractivity contribution in [1.29, 1.82) is 0 Å². The predicted molar refractivity (Wildman–Crippen MR) is 148 cm³/mol. The van der Waals surface area contributed by atoms with E-state index in [0.29, 0.717) is 72.7 Å². The number of benzene rings is 1. The second-order valence-electron chi connectivity index (χ2n) is 11.6. The lowest BCUT2D eigenvalue weighted by atomic mass is 9.97. The molecule has 41 heavy (non-hydrogen) atoms. The summed E-state index contributed by atoms with van der Waals surface area (Å²) < 4.78 is 13.5. The minimum absolute atomic E-state index is 0.0321. The molecule has 2 aliphatic heterocycles. The quantitative estimate of drug-likeness (QED) is 0.479. The monoisotopic (exact) mass is 561 g/mol. The zero-order chi connectivity index (χ0) is 28.9. The van der Waals surface area contributed by atoms with Gasteiger partial charge in [-0.15, -0.1) is 10.2 Å². The standard InChI is InChI=1S/C30H35N5O6/c1-4-24(37)23-11-30-12-25(30)35(23)27(39)15-34-14-22(17(2)36)21-10-19(29-33-32-18(3)41-29)9-20(28(21)34)13-31-26(38)7-5-6-8-40-16-30/h9-10,14,23,25H,4-8,11-13,15-16H2,1-3H3,(H,31,38)/t23-,25+,30-/m0/s1. The molecule has 2 amide bonds. The molecule has 11 heteroatoms. The molecule has 1 aromatic carbocycles. The number of hydrogen-bond donors (Lipinski definition) is 1. The molecule has 6 rings (SSSR count). The van der Waals surface area contributed by atoms with Gasteiger partial charge in [0.15, 0.2) is 11.6 Å². The third kappa shape index (κ3) is 4.96. The zero-order valence-electron chi connectivity index (χ0n) is 23.7. The maximum atomic E-state index is 14.0. The predicted octanol–water partition coefficient (Wildman–Crippen LogP) is 3.36. The molecule has 0 spiro atoms. The van der Waals surface area contributed by atoms with Gasteiger partial charge in [-0.05, 0) is 50.3 Å². The van der Waals surface area contributed by atoms with Crippen molar-refractivity contribution in [2.24, 2.45) is 5.41 Å². The van der Waals surface area contributed by atoms with Crippen LogP contribution in [0.2, 0.25) is 0 Å². The number of hydrogen-bond acceptors (Lipinski definition) is 8. The van der Waals surface area contributed by atoms with Crippen LogP contribution in [0.25, 0.3) is 22.4 Å². The van der Waals surface area contributed by atoms with E-state index in [1.807, 2.05) is 19.1 Å². The molecule has 2 aromatic heterocycles. The average molecular weight is 562 g/mol. The molecule has 11 nitrogen and oxygen atoms in total. The smallest absolute Gasteiger partial charge is 0.247 e. The highest BCUT2D eigenvalue weighted by Gasteiger charge is 2.66. The van der Waals surface area contributed by atoms with Gasteiger partial charge in [-0.2, -0.15) is 0 Å². The number of carbonyl (C=O) groups is 4. The minimum atomic E-state index is -0.464. The summed E-state index contributed by atoms with van der Waals surface area (Å²) in [6.07, 6.45) is 5.28. The van der Waals surface area contributed by atoms with Crippen LogP contribution in [0.1, 0.15) is 74.2 Å². The Morgan fingerprint density at radius 1 is 1.17 bits per heavy atom. The summed E-state index contributed by atoms with van der Waals surface area (Å²) in [5.41, 5.74) is 2.27. The van der Waals surface area contributed by atoms with E-state index in [2.05, 4.69) is 15.5 Å². The lowest BCUT2D eigenvalue weighted by molar-refractivity contribution is -0.139. The third-order valence-electron chi connectivity index (χ3n) is 8.74. The molecule has 2 fully saturated rings. The summed E-state index contributed by atoms with van der Waals surface area (Å²) in [6, 6.07) is 3.17. The van der Waals surface area contributed by atoms with E-state index in [1.165, 1.54) is 6.92 Å². The Morgan fingerprint density at radius 3 is 2.73 bits per heavy atom. The third-order valence-corrected chi connectivity index (χ3v) is 8.74. The molecule has 1 saturated carbocycles. The van der Waals surface area contributed by atoms with Gasteiger partial charge in [0.25, 0.3) is 0 Å². The van der Waals surface area contributed by atoms with Crippen molar-refractivity contribution in [1.82, 2.24) is 25.0 Å². The van der Waals surface area contributed by atoms with Crippen LogP contribution in [-0.4, -0.2) is 68.3 Å². The maximum Gasteiger partial charge on any atom is 0.247 e. The zero-order valence-corrected chi connectivity index (χ0v) is 23.7. The Hall–Kier alpha value is -3.86. The summed E-state index contributed by atoms with van der Waals surface area (Å²) >= 11 is 0. The van der Waals surface area contributed by atoms with Gasteiger partial charge in [-0.25, -0.2) is 0 Å². The topological polar surface area (TPSA) is 137 Å². The van der Waals surface area contributed by atoms with Gasteiger partial charge in [0.2, 0.25) is 23.6 Å². The summed E-state index contributed by atoms with van der Waals surface area (Å²) in [5.74, 6) is 0.360. The van der Waals surface area contributed by atoms with Crippen LogP contribution in [0, 0.1) is 12.3 Å². The summed E-state index contributed by atoms with van der Waals surface area (Å²) in [6.45, 7) is 6.21. The van der Waals surface area contributed by atoms with Gasteiger partial charge in [0.1, 0.15) is 6.54 Å². The number of ketones is 2. The molecule has 4 heterocycles. The van der Waals surface area contributed by atoms with E-state index < -0.39 is 6.04 Å². The molecule has 216 valence electrons. The highest BCUT2D eigenvalue weighted by atomic mass is 16.5. The second-order valence-corrected chi connectivity index (χ2v) is 11.6. The van der Waals surface area contributed by atoms with Crippen molar-refractivity contribution in [3.8, 4) is 11.5 Å². The first-order chi connectivity index (χ1) is 19.7. The van der Waals surface area contributed by atoms with E-state index in [4.69, 9.17) is 9.15 Å². The van der Waals surface area contributed by atoms with Crippen LogP contribution in [0.3, 0.4) is 0 Å². The van der Waals surface area contributed by atoms with E-state index in [0.717, 1.165) is 18.4 Å². The molecule has 3 aromatic rings. The Balaban J connectivity index is 1.45. The molecule has 0 unspecified atom stereocenters. The van der Waals surface area contributed by atoms with Gasteiger partial charge in [-0.1, -0.05) is 6.92 Å². The normalized spacial score (nSPS) is 25.1. The van der Waals surface area contributed by atoms with Gasteiger partial charge in [-0.3, -0.25) is 19.2 Å². The molecule has 1 N–H and O–H groups in total. The summed E-state index contributed by atoms with van der Waals surface area (Å²) in [4.78, 5) is 54.3. The van der Waals surface area contributed by atoms with Gasteiger partial charge in [0, 0.05) is 67.1 Å². The fourth-order valence-electron chi connectivity index (χ4n) is 6.59. The first kappa shape index (κ1) is 27.3. The van der Waals surface area contributed by atoms with E-state index in [9.17, 15) is 19.2 Å². The molecular formula is C30H35N5O6. The number of nitrogens with one attached hydrogen (secondary N) is 1. The number of carbonyl (C=O) groups excluding carboxylic acids is 4. The largest absolute Gasteiger partial charge is 0.421 e. The Morgan fingerprint density at radius 2 is 2.00 bits per heavy atom. The molecule has 0 radical (unpaired) electrons. The Kier molecular flexibility index (Phi) is 7.01. The van der Waals surface area contributed by atoms with Crippen molar-refractivity contribution in [2.75, 3.05) is 13.2 Å². The summed E-state index contributed by atoms with van der Waals surface area (Å²) in [5, 5.41) is 11.7. The van der Waals surface area contributed by atoms with Crippen molar-refractivity contribution < 1.29 is 28.3 Å². The summed E-state index contributed by atoms with van der Waals surface area (Å²) in [7, 11) is 0. The highest BCUT2D eigenvalue weighted by Crippen LogP contribution is 2.60. The number of ether oxygens (including phenoxy) is 1. The highest BCUT2D eigenvalue weighted by molar-refractivity contribution is 6.09. The van der Waals surface area contributed by atoms with Crippen molar-refractivity contribution in [3.05, 3.63) is 35.3 Å². The van der Waals surface area contributed by atoms with Crippen LogP contribution in [0.5, 0.6) is 0 Å². The van der Waals surface area contributed by atoms with E-state index >= 15 is 0 Å². The number of amides is 2. The van der Waals surface area contributed by atoms with E-state index in [1.54, 1.807) is 22.6 Å². The van der Waals surface area contributed by atoms with Gasteiger partial charge < -0.3 is 23.9 Å². The first-order valence-corrected chi connectivity index (χ1v) is 14.4. The van der Waals surface area contributed by atoms with Crippen LogP contribution in [0.4, 0.5) is 0 Å². The molecule has 1 saturated heterocycles. The number of rotatable bonds is 4. The van der Waals surface area contributed by atoms with E-state index in [-0.39, 0.29) is 47.9 Å². The first-order valence-electron chi connectivity index (χ1n) is 14.4.